The second-order valence-electron chi connectivity index (χ2n) is 5.67. The molecule has 2 nitrogen and oxygen atoms in total. The minimum absolute atomic E-state index is 0.586. The number of hydrogen-bond donors (Lipinski definition) is 0. The maximum absolute atomic E-state index is 5.88. The summed E-state index contributed by atoms with van der Waals surface area (Å²) >= 11 is 0. The monoisotopic (exact) mass is 317 g/mol. The molecule has 0 unspecified atom stereocenters. The van der Waals surface area contributed by atoms with Crippen LogP contribution in [0, 0.1) is 6.07 Å². The molecule has 0 bridgehead atoms. The lowest BCUT2D eigenvalue weighted by atomic mass is 10.0. The van der Waals surface area contributed by atoms with Crippen LogP contribution >= 0.6 is 0 Å². The molecule has 0 N–H and O–H groups in total. The van der Waals surface area contributed by atoms with Gasteiger partial charge in [-0.25, -0.2) is 0 Å². The number of aryl methyl sites for hydroxylation is 2. The van der Waals surface area contributed by atoms with Crippen molar-refractivity contribution in [2.75, 3.05) is 7.11 Å². The Bertz CT molecular complexity index is 748. The van der Waals surface area contributed by atoms with Crippen LogP contribution in [0.3, 0.4) is 0 Å². The summed E-state index contributed by atoms with van der Waals surface area (Å²) < 4.78 is 11.1. The molecule has 0 saturated heterocycles. The fourth-order valence-corrected chi connectivity index (χ4v) is 2.54. The van der Waals surface area contributed by atoms with Crippen LogP contribution in [0.2, 0.25) is 0 Å². The molecule has 0 amide bonds. The smallest absolute Gasteiger partial charge is 0.120 e. The number of hydrogen-bond acceptors (Lipinski definition) is 2. The van der Waals surface area contributed by atoms with Gasteiger partial charge in [-0.05, 0) is 59.9 Å². The van der Waals surface area contributed by atoms with E-state index in [2.05, 4.69) is 36.4 Å². The third-order valence-electron chi connectivity index (χ3n) is 3.92. The van der Waals surface area contributed by atoms with Crippen LogP contribution in [0.4, 0.5) is 0 Å². The highest BCUT2D eigenvalue weighted by Gasteiger charge is 2.01. The van der Waals surface area contributed by atoms with E-state index in [1.807, 2.05) is 42.5 Å². The van der Waals surface area contributed by atoms with Crippen molar-refractivity contribution >= 4 is 0 Å². The van der Waals surface area contributed by atoms with Gasteiger partial charge in [0.25, 0.3) is 0 Å². The van der Waals surface area contributed by atoms with Crippen molar-refractivity contribution in [2.24, 2.45) is 0 Å². The zero-order valence-electron chi connectivity index (χ0n) is 13.9. The van der Waals surface area contributed by atoms with Crippen molar-refractivity contribution in [3.05, 3.63) is 95.6 Å². The minimum Gasteiger partial charge on any atom is -0.497 e. The van der Waals surface area contributed by atoms with Crippen molar-refractivity contribution in [1.82, 2.24) is 0 Å². The zero-order valence-corrected chi connectivity index (χ0v) is 13.9. The maximum atomic E-state index is 5.88. The van der Waals surface area contributed by atoms with Crippen molar-refractivity contribution in [3.8, 4) is 11.5 Å². The van der Waals surface area contributed by atoms with Gasteiger partial charge in [-0.1, -0.05) is 48.5 Å². The zero-order chi connectivity index (χ0) is 16.6. The average Bonchev–Trinajstić information content (AvgIpc) is 2.66. The molecule has 0 aromatic heterocycles. The Hall–Kier alpha value is -2.74. The molecular formula is C22H21O2. The van der Waals surface area contributed by atoms with Crippen LogP contribution < -0.4 is 9.47 Å². The van der Waals surface area contributed by atoms with Crippen LogP contribution in [0.5, 0.6) is 11.5 Å². The quantitative estimate of drug-likeness (QED) is 0.619. The normalized spacial score (nSPS) is 10.4. The second-order valence-corrected chi connectivity index (χ2v) is 5.67. The van der Waals surface area contributed by atoms with Crippen molar-refractivity contribution < 1.29 is 9.47 Å². The Morgan fingerprint density at radius 2 is 1.58 bits per heavy atom. The summed E-state index contributed by atoms with van der Waals surface area (Å²) in [5, 5.41) is 0. The Labute approximate surface area is 143 Å². The Balaban J connectivity index is 1.56. The second kappa shape index (κ2) is 8.21. The molecule has 0 aliphatic rings. The first-order chi connectivity index (χ1) is 11.8. The summed E-state index contributed by atoms with van der Waals surface area (Å²) in [5.74, 6) is 1.78. The number of rotatable bonds is 7. The first-order valence-electron chi connectivity index (χ1n) is 8.14. The first kappa shape index (κ1) is 16.1. The first-order valence-corrected chi connectivity index (χ1v) is 8.14. The molecule has 0 spiro atoms. The molecule has 1 radical (unpaired) electrons. The summed E-state index contributed by atoms with van der Waals surface area (Å²) in [4.78, 5) is 0. The summed E-state index contributed by atoms with van der Waals surface area (Å²) in [7, 11) is 1.69. The van der Waals surface area contributed by atoms with Crippen LogP contribution in [-0.4, -0.2) is 7.11 Å². The molecule has 0 fully saturated rings. The molecule has 3 rings (SSSR count). The van der Waals surface area contributed by atoms with Crippen molar-refractivity contribution in [2.45, 2.75) is 19.4 Å². The molecule has 0 aliphatic heterocycles. The van der Waals surface area contributed by atoms with Gasteiger partial charge in [0.15, 0.2) is 0 Å². The standard InChI is InChI=1S/C22H21O2/c1-23-21-14-12-18(13-15-21)10-11-19-8-5-9-22(16-19)24-17-20-6-3-2-4-7-20/h2-7,9,12-16H,10-11,17H2,1H3. The predicted molar refractivity (Wildman–Crippen MR) is 96.5 cm³/mol. The largest absolute Gasteiger partial charge is 0.497 e. The Kier molecular flexibility index (Phi) is 5.52. The topological polar surface area (TPSA) is 18.5 Å². The lowest BCUT2D eigenvalue weighted by Gasteiger charge is -2.08. The van der Waals surface area contributed by atoms with E-state index in [-0.39, 0.29) is 0 Å². The van der Waals surface area contributed by atoms with E-state index in [1.54, 1.807) is 7.11 Å². The van der Waals surface area contributed by atoms with Gasteiger partial charge in [0.1, 0.15) is 18.1 Å². The molecule has 0 saturated carbocycles. The molecule has 121 valence electrons. The summed E-state index contributed by atoms with van der Waals surface area (Å²) in [6, 6.07) is 27.7. The lowest BCUT2D eigenvalue weighted by Crippen LogP contribution is -1.97. The maximum Gasteiger partial charge on any atom is 0.120 e. The molecule has 3 aromatic rings. The highest BCUT2D eigenvalue weighted by atomic mass is 16.5. The van der Waals surface area contributed by atoms with E-state index < -0.39 is 0 Å². The Morgan fingerprint density at radius 3 is 2.33 bits per heavy atom. The van der Waals surface area contributed by atoms with Gasteiger partial charge in [-0.15, -0.1) is 0 Å². The lowest BCUT2D eigenvalue weighted by molar-refractivity contribution is 0.306. The minimum atomic E-state index is 0.586. The fourth-order valence-electron chi connectivity index (χ4n) is 2.54. The van der Waals surface area contributed by atoms with Crippen LogP contribution in [0.15, 0.2) is 72.8 Å². The van der Waals surface area contributed by atoms with Gasteiger partial charge in [0, 0.05) is 0 Å². The van der Waals surface area contributed by atoms with Crippen LogP contribution in [0.25, 0.3) is 0 Å². The molecular weight excluding hydrogens is 296 g/mol. The van der Waals surface area contributed by atoms with Crippen LogP contribution in [0.1, 0.15) is 16.7 Å². The molecule has 0 atom stereocenters. The van der Waals surface area contributed by atoms with E-state index in [4.69, 9.17) is 9.47 Å². The number of ether oxygens (including phenoxy) is 2. The Morgan fingerprint density at radius 1 is 0.792 bits per heavy atom. The van der Waals surface area contributed by atoms with E-state index in [0.717, 1.165) is 29.9 Å². The van der Waals surface area contributed by atoms with Gasteiger partial charge in [0.05, 0.1) is 7.11 Å². The molecule has 0 heterocycles. The summed E-state index contributed by atoms with van der Waals surface area (Å²) in [5.41, 5.74) is 3.63. The van der Waals surface area contributed by atoms with E-state index in [0.29, 0.717) is 6.61 Å². The summed E-state index contributed by atoms with van der Waals surface area (Å²) in [6.45, 7) is 0.586. The van der Waals surface area contributed by atoms with Crippen molar-refractivity contribution in [3.63, 3.8) is 0 Å². The third kappa shape index (κ3) is 4.63. The molecule has 2 heteroatoms. The highest BCUT2D eigenvalue weighted by molar-refractivity contribution is 5.31. The molecule has 3 aromatic carbocycles. The van der Waals surface area contributed by atoms with Gasteiger partial charge in [0.2, 0.25) is 0 Å². The molecule has 0 aliphatic carbocycles. The fraction of sp³-hybridized carbons (Fsp3) is 0.182. The van der Waals surface area contributed by atoms with Crippen molar-refractivity contribution in [1.29, 1.82) is 0 Å². The van der Waals surface area contributed by atoms with E-state index >= 15 is 0 Å². The average molecular weight is 317 g/mol. The van der Waals surface area contributed by atoms with E-state index in [9.17, 15) is 0 Å². The number of benzene rings is 3. The highest BCUT2D eigenvalue weighted by Crippen LogP contribution is 2.17. The van der Waals surface area contributed by atoms with Gasteiger partial charge < -0.3 is 9.47 Å². The van der Waals surface area contributed by atoms with Gasteiger partial charge >= 0.3 is 0 Å². The number of methoxy groups -OCH3 is 1. The summed E-state index contributed by atoms with van der Waals surface area (Å²) in [6.07, 6.45) is 1.91. The SMILES string of the molecule is COc1ccc(CCc2[c]ccc(OCc3ccccc3)c2)cc1. The van der Waals surface area contributed by atoms with E-state index in [1.165, 1.54) is 11.1 Å². The van der Waals surface area contributed by atoms with Crippen LogP contribution in [-0.2, 0) is 19.4 Å². The molecule has 24 heavy (non-hydrogen) atoms. The predicted octanol–water partition coefficient (Wildman–Crippen LogP) is 4.86. The van der Waals surface area contributed by atoms with Gasteiger partial charge in [-0.2, -0.15) is 0 Å². The third-order valence-corrected chi connectivity index (χ3v) is 3.92. The van der Waals surface area contributed by atoms with Gasteiger partial charge in [-0.3, -0.25) is 0 Å².